The molecular formula is C24H23ClF3N3O6S2. The third kappa shape index (κ3) is 7.34. The quantitative estimate of drug-likeness (QED) is 0.356. The zero-order valence-electron chi connectivity index (χ0n) is 20.7. The van der Waals surface area contributed by atoms with Gasteiger partial charge in [0.25, 0.3) is 10.0 Å². The minimum Gasteiger partial charge on any atom is -0.495 e. The normalized spacial score (nSPS) is 12.9. The molecule has 9 nitrogen and oxygen atoms in total. The van der Waals surface area contributed by atoms with Crippen molar-refractivity contribution in [3.8, 4) is 5.75 Å². The molecule has 0 unspecified atom stereocenters. The summed E-state index contributed by atoms with van der Waals surface area (Å²) in [6, 6.07) is 11.5. The average Bonchev–Trinajstić information content (AvgIpc) is 2.83. The molecule has 2 N–H and O–H groups in total. The number of rotatable bonds is 9. The Kier molecular flexibility index (Phi) is 8.72. The lowest BCUT2D eigenvalue weighted by atomic mass is 10.2. The maximum atomic E-state index is 12.9. The van der Waals surface area contributed by atoms with Crippen molar-refractivity contribution >= 4 is 54.6 Å². The molecule has 15 heteroatoms. The first-order valence-electron chi connectivity index (χ1n) is 11.0. The monoisotopic (exact) mass is 605 g/mol. The molecule has 0 saturated heterocycles. The van der Waals surface area contributed by atoms with Gasteiger partial charge >= 0.3 is 6.18 Å². The van der Waals surface area contributed by atoms with Crippen molar-refractivity contribution in [2.24, 2.45) is 0 Å². The third-order valence-corrected chi connectivity index (χ3v) is 8.29. The Labute approximate surface area is 228 Å². The van der Waals surface area contributed by atoms with E-state index in [0.717, 1.165) is 34.8 Å². The van der Waals surface area contributed by atoms with Gasteiger partial charge in [-0.25, -0.2) is 16.8 Å². The van der Waals surface area contributed by atoms with Crippen molar-refractivity contribution in [3.63, 3.8) is 0 Å². The Morgan fingerprint density at radius 2 is 1.62 bits per heavy atom. The van der Waals surface area contributed by atoms with Crippen LogP contribution >= 0.6 is 11.6 Å². The Morgan fingerprint density at radius 3 is 2.15 bits per heavy atom. The lowest BCUT2D eigenvalue weighted by molar-refractivity contribution is -0.137. The Hall–Kier alpha value is -3.49. The van der Waals surface area contributed by atoms with E-state index in [1.807, 2.05) is 0 Å². The summed E-state index contributed by atoms with van der Waals surface area (Å²) in [5, 5.41) is 2.64. The molecule has 3 aromatic rings. The van der Waals surface area contributed by atoms with Crippen LogP contribution in [0.2, 0.25) is 5.02 Å². The fraction of sp³-hybridized carbons (Fsp3) is 0.208. The molecular weight excluding hydrogens is 583 g/mol. The molecule has 0 radical (unpaired) electrons. The van der Waals surface area contributed by atoms with Crippen LogP contribution < -0.4 is 19.1 Å². The lowest BCUT2D eigenvalue weighted by Gasteiger charge is -2.28. The summed E-state index contributed by atoms with van der Waals surface area (Å²) in [4.78, 5) is 12.6. The molecule has 1 amide bonds. The molecule has 1 atom stereocenters. The molecule has 0 heterocycles. The van der Waals surface area contributed by atoms with Crippen LogP contribution in [0.5, 0.6) is 5.75 Å². The number of halogens is 4. The molecule has 0 aliphatic rings. The van der Waals surface area contributed by atoms with E-state index in [9.17, 15) is 34.8 Å². The molecule has 0 saturated carbocycles. The zero-order chi connectivity index (χ0) is 29.2. The number of sulfonamides is 2. The summed E-state index contributed by atoms with van der Waals surface area (Å²) in [6.07, 6.45) is -3.73. The van der Waals surface area contributed by atoms with Gasteiger partial charge in [-0.05, 0) is 67.6 Å². The van der Waals surface area contributed by atoms with E-state index in [0.29, 0.717) is 11.8 Å². The van der Waals surface area contributed by atoms with Gasteiger partial charge in [0.1, 0.15) is 11.8 Å². The van der Waals surface area contributed by atoms with Crippen molar-refractivity contribution in [1.82, 2.24) is 0 Å². The number of nitrogens with one attached hydrogen (secondary N) is 2. The summed E-state index contributed by atoms with van der Waals surface area (Å²) in [5.41, 5.74) is -1.04. The fourth-order valence-corrected chi connectivity index (χ4v) is 6.01. The zero-order valence-corrected chi connectivity index (χ0v) is 23.0. The summed E-state index contributed by atoms with van der Waals surface area (Å²) in [6.45, 7) is 1.35. The molecule has 0 aliphatic carbocycles. The van der Waals surface area contributed by atoms with Gasteiger partial charge in [-0.15, -0.1) is 0 Å². The average molecular weight is 606 g/mol. The Bertz CT molecular complexity index is 1580. The minimum atomic E-state index is -4.65. The van der Waals surface area contributed by atoms with Gasteiger partial charge in [0, 0.05) is 11.4 Å². The van der Waals surface area contributed by atoms with Gasteiger partial charge in [0.05, 0.1) is 34.5 Å². The number of benzene rings is 3. The summed E-state index contributed by atoms with van der Waals surface area (Å²) in [7, 11) is -6.81. The smallest absolute Gasteiger partial charge is 0.416 e. The summed E-state index contributed by atoms with van der Waals surface area (Å²) >= 11 is 6.12. The van der Waals surface area contributed by atoms with E-state index in [1.54, 1.807) is 0 Å². The second kappa shape index (κ2) is 11.3. The standard InChI is InChI=1S/C24H23ClF3N3O6S2/c1-15(31(38(3,33)34)19-9-12-22(37-2)21(25)14-19)23(32)29-17-7-10-20(11-8-17)39(35,36)30-18-6-4-5-16(13-18)24(26,27)28/h4-15,30H,1-3H3,(H,29,32)/t15-/m1/s1. The number of methoxy groups -OCH3 is 1. The molecule has 210 valence electrons. The number of carbonyl (C=O) groups is 1. The van der Waals surface area contributed by atoms with Gasteiger partial charge in [-0.2, -0.15) is 13.2 Å². The van der Waals surface area contributed by atoms with Crippen molar-refractivity contribution in [1.29, 1.82) is 0 Å². The molecule has 0 aliphatic heterocycles. The largest absolute Gasteiger partial charge is 0.495 e. The molecule has 3 rings (SSSR count). The van der Waals surface area contributed by atoms with Crippen LogP contribution in [0.1, 0.15) is 12.5 Å². The van der Waals surface area contributed by atoms with Crippen molar-refractivity contribution < 1.29 is 39.5 Å². The van der Waals surface area contributed by atoms with E-state index < -0.39 is 43.7 Å². The minimum absolute atomic E-state index is 0.119. The van der Waals surface area contributed by atoms with Gasteiger partial charge < -0.3 is 10.1 Å². The van der Waals surface area contributed by atoms with Crippen LogP contribution in [0.25, 0.3) is 0 Å². The molecule has 0 spiro atoms. The van der Waals surface area contributed by atoms with Crippen LogP contribution in [-0.4, -0.2) is 42.2 Å². The van der Waals surface area contributed by atoms with Crippen molar-refractivity contribution in [2.45, 2.75) is 24.0 Å². The highest BCUT2D eigenvalue weighted by Gasteiger charge is 2.31. The highest BCUT2D eigenvalue weighted by atomic mass is 35.5. The predicted molar refractivity (Wildman–Crippen MR) is 142 cm³/mol. The first-order valence-corrected chi connectivity index (χ1v) is 14.7. The van der Waals surface area contributed by atoms with Crippen molar-refractivity contribution in [2.75, 3.05) is 27.7 Å². The van der Waals surface area contributed by atoms with Gasteiger partial charge in [-0.1, -0.05) is 17.7 Å². The molecule has 0 aromatic heterocycles. The maximum absolute atomic E-state index is 12.9. The number of hydrogen-bond donors (Lipinski definition) is 2. The van der Waals surface area contributed by atoms with E-state index in [2.05, 4.69) is 10.0 Å². The van der Waals surface area contributed by atoms with E-state index >= 15 is 0 Å². The molecule has 0 bridgehead atoms. The van der Waals surface area contributed by atoms with Crippen LogP contribution in [0.15, 0.2) is 71.6 Å². The highest BCUT2D eigenvalue weighted by molar-refractivity contribution is 7.92. The molecule has 0 fully saturated rings. The highest BCUT2D eigenvalue weighted by Crippen LogP contribution is 2.32. The number of alkyl halides is 3. The van der Waals surface area contributed by atoms with Gasteiger partial charge in [-0.3, -0.25) is 13.8 Å². The second-order valence-corrected chi connectivity index (χ2v) is 12.2. The van der Waals surface area contributed by atoms with Crippen LogP contribution in [0.4, 0.5) is 30.2 Å². The summed E-state index contributed by atoms with van der Waals surface area (Å²) < 4.78 is 97.2. The van der Waals surface area contributed by atoms with Gasteiger partial charge in [0.15, 0.2) is 0 Å². The van der Waals surface area contributed by atoms with E-state index in [-0.39, 0.29) is 27.0 Å². The van der Waals surface area contributed by atoms with E-state index in [1.165, 1.54) is 50.4 Å². The number of anilines is 3. The third-order valence-electron chi connectivity index (χ3n) is 5.35. The van der Waals surface area contributed by atoms with E-state index in [4.69, 9.17) is 16.3 Å². The van der Waals surface area contributed by atoms with Gasteiger partial charge in [0.2, 0.25) is 15.9 Å². The maximum Gasteiger partial charge on any atom is 0.416 e. The number of amides is 1. The number of hydrogen-bond acceptors (Lipinski definition) is 6. The second-order valence-electron chi connectivity index (χ2n) is 8.25. The first kappa shape index (κ1) is 30.1. The van der Waals surface area contributed by atoms with Crippen molar-refractivity contribution in [3.05, 3.63) is 77.3 Å². The van der Waals surface area contributed by atoms with Crippen LogP contribution in [0.3, 0.4) is 0 Å². The number of carbonyl (C=O) groups excluding carboxylic acids is 1. The Balaban J connectivity index is 1.78. The van der Waals surface area contributed by atoms with Crippen LogP contribution in [-0.2, 0) is 31.0 Å². The number of ether oxygens (including phenoxy) is 1. The molecule has 39 heavy (non-hydrogen) atoms. The topological polar surface area (TPSA) is 122 Å². The first-order chi connectivity index (χ1) is 18.0. The SMILES string of the molecule is COc1ccc(N([C@H](C)C(=O)Nc2ccc(S(=O)(=O)Nc3cccc(C(F)(F)F)c3)cc2)S(C)(=O)=O)cc1Cl. The van der Waals surface area contributed by atoms with Crippen LogP contribution in [0, 0.1) is 0 Å². The number of nitrogens with zero attached hydrogens (tertiary/aromatic N) is 1. The Morgan fingerprint density at radius 1 is 0.974 bits per heavy atom. The summed E-state index contributed by atoms with van der Waals surface area (Å²) in [5.74, 6) is -0.423. The lowest BCUT2D eigenvalue weighted by Crippen LogP contribution is -2.45. The fourth-order valence-electron chi connectivity index (χ4n) is 3.54. The predicted octanol–water partition coefficient (Wildman–Crippen LogP) is 4.96. The molecule has 3 aromatic carbocycles.